The van der Waals surface area contributed by atoms with Gasteiger partial charge in [0.15, 0.2) is 0 Å². The maximum absolute atomic E-state index is 6.20. The predicted octanol–water partition coefficient (Wildman–Crippen LogP) is 5.86. The van der Waals surface area contributed by atoms with Crippen LogP contribution in [0.5, 0.6) is 0 Å². The Hall–Kier alpha value is -0.700. The molecule has 1 unspecified atom stereocenters. The highest BCUT2D eigenvalue weighted by atomic mass is 35.5. The van der Waals surface area contributed by atoms with E-state index in [4.69, 9.17) is 23.2 Å². The van der Waals surface area contributed by atoms with Crippen molar-refractivity contribution >= 4 is 40.2 Å². The molecule has 0 spiro atoms. The van der Waals surface area contributed by atoms with Gasteiger partial charge in [0.2, 0.25) is 0 Å². The van der Waals surface area contributed by atoms with Crippen molar-refractivity contribution in [1.29, 1.82) is 0 Å². The molecule has 0 amide bonds. The van der Waals surface area contributed by atoms with Crippen LogP contribution in [0.25, 0.3) is 0 Å². The first-order chi connectivity index (χ1) is 8.59. The van der Waals surface area contributed by atoms with E-state index in [0.29, 0.717) is 16.0 Å². The third-order valence-electron chi connectivity index (χ3n) is 2.78. The van der Waals surface area contributed by atoms with Crippen molar-refractivity contribution in [1.82, 2.24) is 0 Å². The Morgan fingerprint density at radius 1 is 1.06 bits per heavy atom. The van der Waals surface area contributed by atoms with E-state index in [9.17, 15) is 0 Å². The summed E-state index contributed by atoms with van der Waals surface area (Å²) in [7, 11) is 0. The second-order valence-corrected chi connectivity index (χ2v) is 6.27. The molecular formula is C14H15Cl2NS. The fraction of sp³-hybridized carbons (Fsp3) is 0.286. The number of hydrogen-bond donors (Lipinski definition) is 1. The molecule has 0 saturated heterocycles. The van der Waals surface area contributed by atoms with Crippen LogP contribution in [-0.2, 0) is 0 Å². The van der Waals surface area contributed by atoms with E-state index in [0.717, 1.165) is 5.69 Å². The smallest absolute Gasteiger partial charge is 0.0724 e. The van der Waals surface area contributed by atoms with Crippen LogP contribution in [-0.4, -0.2) is 0 Å². The van der Waals surface area contributed by atoms with Gasteiger partial charge in [-0.15, -0.1) is 11.3 Å². The van der Waals surface area contributed by atoms with Crippen LogP contribution in [0.3, 0.4) is 0 Å². The molecule has 1 atom stereocenters. The van der Waals surface area contributed by atoms with Gasteiger partial charge in [-0.05, 0) is 29.5 Å². The molecule has 1 aromatic heterocycles. The monoisotopic (exact) mass is 299 g/mol. The molecular weight excluding hydrogens is 285 g/mol. The van der Waals surface area contributed by atoms with E-state index in [1.54, 1.807) is 11.3 Å². The summed E-state index contributed by atoms with van der Waals surface area (Å²) in [6, 6.07) is 9.97. The number of anilines is 1. The van der Waals surface area contributed by atoms with Crippen molar-refractivity contribution in [2.75, 3.05) is 5.32 Å². The zero-order valence-corrected chi connectivity index (χ0v) is 12.6. The van der Waals surface area contributed by atoms with Crippen LogP contribution in [0.2, 0.25) is 10.0 Å². The number of rotatable bonds is 4. The number of hydrogen-bond acceptors (Lipinski definition) is 2. The molecule has 0 aliphatic rings. The lowest BCUT2D eigenvalue weighted by molar-refractivity contribution is 0.554. The first-order valence-electron chi connectivity index (χ1n) is 5.83. The second-order valence-electron chi connectivity index (χ2n) is 4.48. The van der Waals surface area contributed by atoms with E-state index in [1.807, 2.05) is 18.2 Å². The first-order valence-corrected chi connectivity index (χ1v) is 7.47. The van der Waals surface area contributed by atoms with Gasteiger partial charge < -0.3 is 5.32 Å². The van der Waals surface area contributed by atoms with Gasteiger partial charge in [-0.1, -0.05) is 49.2 Å². The zero-order chi connectivity index (χ0) is 13.1. The maximum atomic E-state index is 6.20. The van der Waals surface area contributed by atoms with E-state index in [-0.39, 0.29) is 6.04 Å². The molecule has 0 fully saturated rings. The highest BCUT2D eigenvalue weighted by Crippen LogP contribution is 2.36. The minimum Gasteiger partial charge on any atom is -0.375 e. The summed E-state index contributed by atoms with van der Waals surface area (Å²) < 4.78 is 0. The fourth-order valence-electron chi connectivity index (χ4n) is 1.83. The van der Waals surface area contributed by atoms with Crippen molar-refractivity contribution < 1.29 is 0 Å². The van der Waals surface area contributed by atoms with Crippen molar-refractivity contribution in [3.05, 3.63) is 50.6 Å². The standard InChI is InChI=1S/C14H15Cl2NS/c1-9(2)13(12-7-4-8-18-12)17-14-10(15)5-3-6-11(14)16/h3-9,13,17H,1-2H3. The normalized spacial score (nSPS) is 12.7. The van der Waals surface area contributed by atoms with Gasteiger partial charge >= 0.3 is 0 Å². The molecule has 0 saturated carbocycles. The van der Waals surface area contributed by atoms with Crippen molar-refractivity contribution in [2.24, 2.45) is 5.92 Å². The molecule has 0 bridgehead atoms. The van der Waals surface area contributed by atoms with Crippen LogP contribution >= 0.6 is 34.5 Å². The largest absolute Gasteiger partial charge is 0.375 e. The molecule has 0 radical (unpaired) electrons. The molecule has 1 heterocycles. The van der Waals surface area contributed by atoms with Crippen molar-refractivity contribution in [2.45, 2.75) is 19.9 Å². The molecule has 96 valence electrons. The van der Waals surface area contributed by atoms with Gasteiger partial charge in [0.05, 0.1) is 21.8 Å². The Labute approximate surface area is 122 Å². The summed E-state index contributed by atoms with van der Waals surface area (Å²) in [5.74, 6) is 0.455. The lowest BCUT2D eigenvalue weighted by Gasteiger charge is -2.23. The molecule has 0 aliphatic heterocycles. The molecule has 1 aromatic carbocycles. The Morgan fingerprint density at radius 3 is 2.22 bits per heavy atom. The second kappa shape index (κ2) is 5.96. The van der Waals surface area contributed by atoms with Crippen molar-refractivity contribution in [3.8, 4) is 0 Å². The summed E-state index contributed by atoms with van der Waals surface area (Å²) in [6.07, 6.45) is 0. The Balaban J connectivity index is 2.30. The number of halogens is 2. The zero-order valence-electron chi connectivity index (χ0n) is 10.3. The number of para-hydroxylation sites is 1. The molecule has 4 heteroatoms. The van der Waals surface area contributed by atoms with Crippen LogP contribution in [0, 0.1) is 5.92 Å². The van der Waals surface area contributed by atoms with Gasteiger partial charge in [0.1, 0.15) is 0 Å². The quantitative estimate of drug-likeness (QED) is 0.745. The maximum Gasteiger partial charge on any atom is 0.0724 e. The van der Waals surface area contributed by atoms with Gasteiger partial charge in [-0.25, -0.2) is 0 Å². The average molecular weight is 300 g/mol. The number of nitrogens with one attached hydrogen (secondary N) is 1. The fourth-order valence-corrected chi connectivity index (χ4v) is 3.28. The summed E-state index contributed by atoms with van der Waals surface area (Å²) in [6.45, 7) is 4.37. The number of thiophene rings is 1. The molecule has 0 aliphatic carbocycles. The van der Waals surface area contributed by atoms with Gasteiger partial charge in [0.25, 0.3) is 0 Å². The van der Waals surface area contributed by atoms with E-state index in [2.05, 4.69) is 36.7 Å². The molecule has 1 N–H and O–H groups in total. The molecule has 18 heavy (non-hydrogen) atoms. The summed E-state index contributed by atoms with van der Waals surface area (Å²) in [5.41, 5.74) is 0.813. The first kappa shape index (κ1) is 13.7. The minimum atomic E-state index is 0.224. The van der Waals surface area contributed by atoms with Crippen LogP contribution in [0.15, 0.2) is 35.7 Å². The Bertz CT molecular complexity index is 488. The predicted molar refractivity (Wildman–Crippen MR) is 82.0 cm³/mol. The van der Waals surface area contributed by atoms with Crippen molar-refractivity contribution in [3.63, 3.8) is 0 Å². The minimum absolute atomic E-state index is 0.224. The van der Waals surface area contributed by atoms with Crippen LogP contribution < -0.4 is 5.32 Å². The summed E-state index contributed by atoms with van der Waals surface area (Å²) in [5, 5.41) is 6.86. The van der Waals surface area contributed by atoms with Crippen LogP contribution in [0.4, 0.5) is 5.69 Å². The Kier molecular flexibility index (Phi) is 4.55. The third-order valence-corrected chi connectivity index (χ3v) is 4.36. The molecule has 1 nitrogen and oxygen atoms in total. The Morgan fingerprint density at radius 2 is 1.72 bits per heavy atom. The molecule has 2 aromatic rings. The average Bonchev–Trinajstić information content (AvgIpc) is 2.81. The highest BCUT2D eigenvalue weighted by molar-refractivity contribution is 7.10. The summed E-state index contributed by atoms with van der Waals surface area (Å²) >= 11 is 14.1. The lowest BCUT2D eigenvalue weighted by atomic mass is 10.0. The van der Waals surface area contributed by atoms with E-state index < -0.39 is 0 Å². The van der Waals surface area contributed by atoms with Gasteiger partial charge in [-0.3, -0.25) is 0 Å². The third kappa shape index (κ3) is 3.00. The SMILES string of the molecule is CC(C)C(Nc1c(Cl)cccc1Cl)c1cccs1. The van der Waals surface area contributed by atoms with Gasteiger partial charge in [0, 0.05) is 4.88 Å². The topological polar surface area (TPSA) is 12.0 Å². The lowest BCUT2D eigenvalue weighted by Crippen LogP contribution is -2.16. The van der Waals surface area contributed by atoms with Gasteiger partial charge in [-0.2, -0.15) is 0 Å². The molecule has 2 rings (SSSR count). The highest BCUT2D eigenvalue weighted by Gasteiger charge is 2.18. The number of benzene rings is 1. The van der Waals surface area contributed by atoms with E-state index in [1.165, 1.54) is 4.88 Å². The summed E-state index contributed by atoms with van der Waals surface area (Å²) in [4.78, 5) is 1.29. The van der Waals surface area contributed by atoms with E-state index >= 15 is 0 Å². The van der Waals surface area contributed by atoms with Crippen LogP contribution in [0.1, 0.15) is 24.8 Å².